The Morgan fingerprint density at radius 2 is 2.29 bits per heavy atom. The summed E-state index contributed by atoms with van der Waals surface area (Å²) in [5, 5.41) is 9.72. The number of ether oxygens (including phenoxy) is 1. The van der Waals surface area contributed by atoms with Crippen molar-refractivity contribution >= 4 is 11.8 Å². The van der Waals surface area contributed by atoms with Crippen LogP contribution in [0.15, 0.2) is 24.5 Å². The van der Waals surface area contributed by atoms with E-state index in [1.807, 2.05) is 0 Å². The molecule has 0 saturated carbocycles. The van der Waals surface area contributed by atoms with E-state index in [0.29, 0.717) is 5.56 Å². The number of hydrogen-bond donors (Lipinski definition) is 1. The second-order valence-corrected chi connectivity index (χ2v) is 3.53. The number of hydrogen-bond acceptors (Lipinski definition) is 5. The van der Waals surface area contributed by atoms with Crippen LogP contribution in [0.5, 0.6) is 0 Å². The Morgan fingerprint density at radius 1 is 1.53 bits per heavy atom. The molecule has 1 N–H and O–H groups in total. The molecule has 0 aliphatic heterocycles. The zero-order chi connectivity index (χ0) is 12.7. The predicted molar refractivity (Wildman–Crippen MR) is 60.1 cm³/mol. The number of aliphatic hydroxyl groups excluding tert-OH is 1. The summed E-state index contributed by atoms with van der Waals surface area (Å²) in [6.07, 6.45) is 1.74. The molecule has 0 fully saturated rings. The van der Waals surface area contributed by atoms with Crippen molar-refractivity contribution in [1.29, 1.82) is 0 Å². The molecule has 1 heterocycles. The highest BCUT2D eigenvalue weighted by atomic mass is 16.5. The normalized spacial score (nSPS) is 11.9. The Hall–Kier alpha value is -1.75. The molecule has 0 bridgehead atoms. The van der Waals surface area contributed by atoms with Crippen molar-refractivity contribution < 1.29 is 19.4 Å². The van der Waals surface area contributed by atoms with Crippen LogP contribution < -0.4 is 0 Å². The minimum atomic E-state index is -0.925. The van der Waals surface area contributed by atoms with Gasteiger partial charge in [0, 0.05) is 18.8 Å². The van der Waals surface area contributed by atoms with E-state index in [2.05, 4.69) is 9.72 Å². The highest BCUT2D eigenvalue weighted by Crippen LogP contribution is 2.16. The third kappa shape index (κ3) is 4.74. The molecule has 1 aromatic rings. The molecular formula is C12H15NO4. The van der Waals surface area contributed by atoms with Gasteiger partial charge in [0.1, 0.15) is 12.2 Å². The molecule has 0 amide bonds. The number of carbonyl (C=O) groups is 2. The smallest absolute Gasteiger partial charge is 0.313 e. The van der Waals surface area contributed by atoms with E-state index in [1.54, 1.807) is 25.3 Å². The monoisotopic (exact) mass is 237 g/mol. The third-order valence-corrected chi connectivity index (χ3v) is 2.14. The Morgan fingerprint density at radius 3 is 2.88 bits per heavy atom. The fourth-order valence-electron chi connectivity index (χ4n) is 1.35. The van der Waals surface area contributed by atoms with Gasteiger partial charge >= 0.3 is 5.97 Å². The Bertz CT molecular complexity index is 377. The van der Waals surface area contributed by atoms with Crippen LogP contribution in [0.2, 0.25) is 0 Å². The Kier molecular flexibility index (Phi) is 5.29. The van der Waals surface area contributed by atoms with Crippen molar-refractivity contribution in [2.75, 3.05) is 6.61 Å². The number of carbonyl (C=O) groups excluding carboxylic acids is 2. The molecule has 1 unspecified atom stereocenters. The van der Waals surface area contributed by atoms with E-state index in [9.17, 15) is 14.7 Å². The van der Waals surface area contributed by atoms with Gasteiger partial charge < -0.3 is 9.84 Å². The summed E-state index contributed by atoms with van der Waals surface area (Å²) in [6.45, 7) is 1.92. The molecule has 5 heteroatoms. The van der Waals surface area contributed by atoms with Crippen molar-refractivity contribution in [2.45, 2.75) is 25.9 Å². The summed E-state index contributed by atoms with van der Waals surface area (Å²) in [5.41, 5.74) is 0.560. The van der Waals surface area contributed by atoms with E-state index >= 15 is 0 Å². The Balaban J connectivity index is 2.44. The van der Waals surface area contributed by atoms with Gasteiger partial charge in [0.15, 0.2) is 0 Å². The number of pyridine rings is 1. The fourth-order valence-corrected chi connectivity index (χ4v) is 1.35. The van der Waals surface area contributed by atoms with Gasteiger partial charge in [-0.1, -0.05) is 6.07 Å². The molecule has 1 aromatic heterocycles. The van der Waals surface area contributed by atoms with Crippen LogP contribution in [-0.4, -0.2) is 28.4 Å². The highest BCUT2D eigenvalue weighted by Gasteiger charge is 2.16. The van der Waals surface area contributed by atoms with Crippen LogP contribution in [0.1, 0.15) is 31.4 Å². The number of aliphatic hydroxyl groups is 1. The van der Waals surface area contributed by atoms with E-state index in [0.717, 1.165) is 0 Å². The van der Waals surface area contributed by atoms with Gasteiger partial charge in [-0.05, 0) is 18.6 Å². The summed E-state index contributed by atoms with van der Waals surface area (Å²) in [5.74, 6) is -0.907. The van der Waals surface area contributed by atoms with Crippen LogP contribution >= 0.6 is 0 Å². The van der Waals surface area contributed by atoms with Gasteiger partial charge in [0.25, 0.3) is 0 Å². The summed E-state index contributed by atoms with van der Waals surface area (Å²) in [7, 11) is 0. The average Bonchev–Trinajstić information content (AvgIpc) is 2.30. The molecule has 0 spiro atoms. The van der Waals surface area contributed by atoms with Gasteiger partial charge in [0.2, 0.25) is 0 Å². The molecular weight excluding hydrogens is 222 g/mol. The summed E-state index contributed by atoms with van der Waals surface area (Å²) < 4.78 is 4.65. The number of nitrogens with zero attached hydrogens (tertiary/aromatic N) is 1. The lowest BCUT2D eigenvalue weighted by molar-refractivity contribution is -0.145. The van der Waals surface area contributed by atoms with E-state index in [4.69, 9.17) is 0 Å². The molecule has 0 saturated heterocycles. The van der Waals surface area contributed by atoms with E-state index in [-0.39, 0.29) is 25.2 Å². The predicted octanol–water partition coefficient (Wildman–Crippen LogP) is 1.03. The van der Waals surface area contributed by atoms with Crippen molar-refractivity contribution in [1.82, 2.24) is 4.98 Å². The summed E-state index contributed by atoms with van der Waals surface area (Å²) >= 11 is 0. The zero-order valence-corrected chi connectivity index (χ0v) is 9.63. The van der Waals surface area contributed by atoms with Crippen LogP contribution in [0.25, 0.3) is 0 Å². The van der Waals surface area contributed by atoms with Gasteiger partial charge in [-0.3, -0.25) is 14.6 Å². The first-order chi connectivity index (χ1) is 8.13. The van der Waals surface area contributed by atoms with Gasteiger partial charge in [-0.2, -0.15) is 0 Å². The SMILES string of the molecule is CCOC(=O)CC(=O)CC(O)c1cccnc1. The molecule has 0 radical (unpaired) electrons. The number of Topliss-reactive ketones (excluding diaryl/α,β-unsaturated/α-hetero) is 1. The second-order valence-electron chi connectivity index (χ2n) is 3.53. The standard InChI is InChI=1S/C12H15NO4/c1-2-17-12(16)7-10(14)6-11(15)9-4-3-5-13-8-9/h3-5,8,11,15H,2,6-7H2,1H3. The maximum absolute atomic E-state index is 11.4. The number of esters is 1. The lowest BCUT2D eigenvalue weighted by Gasteiger charge is -2.09. The summed E-state index contributed by atoms with van der Waals surface area (Å²) in [6, 6.07) is 3.35. The first-order valence-corrected chi connectivity index (χ1v) is 5.38. The molecule has 5 nitrogen and oxygen atoms in total. The molecule has 0 aliphatic carbocycles. The fraction of sp³-hybridized carbons (Fsp3) is 0.417. The third-order valence-electron chi connectivity index (χ3n) is 2.14. The topological polar surface area (TPSA) is 76.5 Å². The molecule has 0 aliphatic rings. The van der Waals surface area contributed by atoms with Crippen molar-refractivity contribution in [3.8, 4) is 0 Å². The maximum atomic E-state index is 11.4. The Labute approximate surface area is 99.4 Å². The summed E-state index contributed by atoms with van der Waals surface area (Å²) in [4.78, 5) is 26.3. The second kappa shape index (κ2) is 6.75. The maximum Gasteiger partial charge on any atom is 0.313 e. The molecule has 92 valence electrons. The zero-order valence-electron chi connectivity index (χ0n) is 9.63. The highest BCUT2D eigenvalue weighted by molar-refractivity contribution is 5.95. The number of aromatic nitrogens is 1. The van der Waals surface area contributed by atoms with Crippen LogP contribution in [0, 0.1) is 0 Å². The van der Waals surface area contributed by atoms with Crippen LogP contribution in [0.4, 0.5) is 0 Å². The molecule has 17 heavy (non-hydrogen) atoms. The lowest BCUT2D eigenvalue weighted by Crippen LogP contribution is -2.14. The van der Waals surface area contributed by atoms with Crippen molar-refractivity contribution in [3.63, 3.8) is 0 Å². The molecule has 0 aromatic carbocycles. The van der Waals surface area contributed by atoms with Crippen molar-refractivity contribution in [3.05, 3.63) is 30.1 Å². The number of rotatable bonds is 6. The van der Waals surface area contributed by atoms with Crippen LogP contribution in [0.3, 0.4) is 0 Å². The first kappa shape index (κ1) is 13.3. The average molecular weight is 237 g/mol. The van der Waals surface area contributed by atoms with Gasteiger partial charge in [-0.15, -0.1) is 0 Å². The van der Waals surface area contributed by atoms with Gasteiger partial charge in [0.05, 0.1) is 12.7 Å². The lowest BCUT2D eigenvalue weighted by atomic mass is 10.0. The van der Waals surface area contributed by atoms with Crippen molar-refractivity contribution in [2.24, 2.45) is 0 Å². The van der Waals surface area contributed by atoms with E-state index < -0.39 is 12.1 Å². The molecule has 1 atom stereocenters. The van der Waals surface area contributed by atoms with Gasteiger partial charge in [-0.25, -0.2) is 0 Å². The minimum absolute atomic E-state index is 0.107. The molecule has 1 rings (SSSR count). The quantitative estimate of drug-likeness (QED) is 0.590. The number of ketones is 1. The largest absolute Gasteiger partial charge is 0.466 e. The van der Waals surface area contributed by atoms with Crippen LogP contribution in [-0.2, 0) is 14.3 Å². The minimum Gasteiger partial charge on any atom is -0.466 e. The first-order valence-electron chi connectivity index (χ1n) is 5.38. The van der Waals surface area contributed by atoms with E-state index in [1.165, 1.54) is 6.20 Å².